The molecule has 0 bridgehead atoms. The average molecular weight is 340 g/mol. The number of carbonyl (C=O) groups excluding carboxylic acids is 2. The van der Waals surface area contributed by atoms with Gasteiger partial charge in [0.15, 0.2) is 4.34 Å². The van der Waals surface area contributed by atoms with Gasteiger partial charge >= 0.3 is 0 Å². The number of hydrogen-bond acceptors (Lipinski definition) is 6. The van der Waals surface area contributed by atoms with Gasteiger partial charge in [0.2, 0.25) is 11.8 Å². The molecule has 1 aromatic heterocycles. The molecule has 1 atom stereocenters. The molecule has 108 valence electrons. The molecule has 1 fully saturated rings. The zero-order valence-corrected chi connectivity index (χ0v) is 13.3. The number of aryl methyl sites for hydroxylation is 1. The Morgan fingerprint density at radius 1 is 1.38 bits per heavy atom. The molecular formula is C13H10ClN3O2S2. The number of aromatic nitrogens is 2. The molecular weight excluding hydrogens is 330 g/mol. The lowest BCUT2D eigenvalue weighted by molar-refractivity contribution is -0.121. The van der Waals surface area contributed by atoms with Crippen molar-refractivity contribution in [3.63, 3.8) is 0 Å². The molecule has 3 rings (SSSR count). The minimum Gasteiger partial charge on any atom is -0.274 e. The lowest BCUT2D eigenvalue weighted by Gasteiger charge is -2.14. The summed E-state index contributed by atoms with van der Waals surface area (Å²) in [6.45, 7) is 1.85. The Bertz CT molecular complexity index is 719. The van der Waals surface area contributed by atoms with Crippen molar-refractivity contribution < 1.29 is 9.59 Å². The molecule has 1 aliphatic heterocycles. The lowest BCUT2D eigenvalue weighted by atomic mass is 10.3. The van der Waals surface area contributed by atoms with Crippen molar-refractivity contribution in [2.24, 2.45) is 0 Å². The van der Waals surface area contributed by atoms with Crippen molar-refractivity contribution in [3.05, 3.63) is 34.3 Å². The van der Waals surface area contributed by atoms with Crippen LogP contribution in [0.5, 0.6) is 0 Å². The van der Waals surface area contributed by atoms with E-state index in [2.05, 4.69) is 10.2 Å². The number of hydrogen-bond donors (Lipinski definition) is 0. The number of amides is 2. The monoisotopic (exact) mass is 339 g/mol. The summed E-state index contributed by atoms with van der Waals surface area (Å²) in [5.41, 5.74) is 0.508. The van der Waals surface area contributed by atoms with E-state index in [-0.39, 0.29) is 18.2 Å². The van der Waals surface area contributed by atoms with Crippen molar-refractivity contribution >= 4 is 52.2 Å². The number of imide groups is 1. The second-order valence-electron chi connectivity index (χ2n) is 4.44. The minimum absolute atomic E-state index is 0.161. The highest BCUT2D eigenvalue weighted by atomic mass is 35.5. The van der Waals surface area contributed by atoms with Crippen LogP contribution in [0, 0.1) is 6.92 Å². The van der Waals surface area contributed by atoms with Crippen molar-refractivity contribution in [1.82, 2.24) is 10.2 Å². The molecule has 21 heavy (non-hydrogen) atoms. The van der Waals surface area contributed by atoms with E-state index in [9.17, 15) is 9.59 Å². The van der Waals surface area contributed by atoms with Gasteiger partial charge in [-0.05, 0) is 25.1 Å². The fourth-order valence-electron chi connectivity index (χ4n) is 2.03. The average Bonchev–Trinajstić information content (AvgIpc) is 2.94. The molecule has 0 aliphatic carbocycles. The molecule has 1 saturated heterocycles. The molecule has 1 aliphatic rings. The number of anilines is 1. The van der Waals surface area contributed by atoms with Gasteiger partial charge in [-0.2, -0.15) is 0 Å². The van der Waals surface area contributed by atoms with Gasteiger partial charge in [-0.3, -0.25) is 9.59 Å². The van der Waals surface area contributed by atoms with E-state index in [1.165, 1.54) is 28.0 Å². The number of halogens is 1. The summed E-state index contributed by atoms with van der Waals surface area (Å²) >= 11 is 8.62. The summed E-state index contributed by atoms with van der Waals surface area (Å²) in [4.78, 5) is 25.7. The van der Waals surface area contributed by atoms with Gasteiger partial charge in [-0.25, -0.2) is 4.90 Å². The third-order valence-corrected chi connectivity index (χ3v) is 5.27. The molecule has 5 nitrogen and oxygen atoms in total. The van der Waals surface area contributed by atoms with E-state index < -0.39 is 5.25 Å². The third kappa shape index (κ3) is 2.95. The Kier molecular flexibility index (Phi) is 3.97. The van der Waals surface area contributed by atoms with Crippen molar-refractivity contribution in [2.75, 3.05) is 4.90 Å². The van der Waals surface area contributed by atoms with Crippen LogP contribution in [-0.2, 0) is 9.59 Å². The zero-order valence-electron chi connectivity index (χ0n) is 10.9. The standard InChI is InChI=1S/C13H10ClN3O2S2/c1-7-15-16-13(20-7)21-10-6-11(18)17(12(10)19)9-4-2-3-8(14)5-9/h2-5,10H,6H2,1H3. The summed E-state index contributed by atoms with van der Waals surface area (Å²) in [5, 5.41) is 8.76. The Balaban J connectivity index is 1.82. The predicted octanol–water partition coefficient (Wildman–Crippen LogP) is 2.92. The van der Waals surface area contributed by atoms with Gasteiger partial charge in [-0.15, -0.1) is 10.2 Å². The maximum atomic E-state index is 12.4. The number of thioether (sulfide) groups is 1. The maximum absolute atomic E-state index is 12.4. The first-order valence-corrected chi connectivity index (χ1v) is 8.21. The Labute approximate surface area is 134 Å². The minimum atomic E-state index is -0.455. The van der Waals surface area contributed by atoms with Crippen LogP contribution in [0.15, 0.2) is 28.6 Å². The molecule has 2 aromatic rings. The van der Waals surface area contributed by atoms with Gasteiger partial charge in [0.05, 0.1) is 5.69 Å². The fraction of sp³-hybridized carbons (Fsp3) is 0.231. The van der Waals surface area contributed by atoms with Crippen LogP contribution >= 0.6 is 34.7 Å². The Hall–Kier alpha value is -1.44. The van der Waals surface area contributed by atoms with E-state index >= 15 is 0 Å². The van der Waals surface area contributed by atoms with Gasteiger partial charge in [-0.1, -0.05) is 40.8 Å². The molecule has 1 aromatic carbocycles. The van der Waals surface area contributed by atoms with Gasteiger partial charge < -0.3 is 0 Å². The van der Waals surface area contributed by atoms with Gasteiger partial charge in [0.25, 0.3) is 0 Å². The fourth-order valence-corrected chi connectivity index (χ4v) is 4.30. The highest BCUT2D eigenvalue weighted by Crippen LogP contribution is 2.35. The van der Waals surface area contributed by atoms with Crippen LogP contribution in [0.25, 0.3) is 0 Å². The number of carbonyl (C=O) groups is 2. The highest BCUT2D eigenvalue weighted by Gasteiger charge is 2.40. The van der Waals surface area contributed by atoms with E-state index in [1.54, 1.807) is 24.3 Å². The van der Waals surface area contributed by atoms with Crippen LogP contribution in [0.3, 0.4) is 0 Å². The summed E-state index contributed by atoms with van der Waals surface area (Å²) in [7, 11) is 0. The number of rotatable bonds is 3. The van der Waals surface area contributed by atoms with Gasteiger partial charge in [0.1, 0.15) is 10.3 Å². The van der Waals surface area contributed by atoms with Crippen molar-refractivity contribution in [3.8, 4) is 0 Å². The van der Waals surface area contributed by atoms with Crippen LogP contribution < -0.4 is 4.90 Å². The molecule has 0 saturated carbocycles. The molecule has 1 unspecified atom stereocenters. The van der Waals surface area contributed by atoms with Gasteiger partial charge in [0, 0.05) is 11.4 Å². The first-order chi connectivity index (χ1) is 10.0. The summed E-state index contributed by atoms with van der Waals surface area (Å²) in [6, 6.07) is 6.72. The second-order valence-corrected chi connectivity index (χ2v) is 7.51. The van der Waals surface area contributed by atoms with E-state index in [4.69, 9.17) is 11.6 Å². The molecule has 2 heterocycles. The first-order valence-electron chi connectivity index (χ1n) is 6.14. The number of benzene rings is 1. The second kappa shape index (κ2) is 5.75. The van der Waals surface area contributed by atoms with Crippen LogP contribution in [0.1, 0.15) is 11.4 Å². The maximum Gasteiger partial charge on any atom is 0.247 e. The number of nitrogens with zero attached hydrogens (tertiary/aromatic N) is 3. The first kappa shape index (κ1) is 14.5. The SMILES string of the molecule is Cc1nnc(SC2CC(=O)N(c3cccc(Cl)c3)C2=O)s1. The third-order valence-electron chi connectivity index (χ3n) is 2.92. The van der Waals surface area contributed by atoms with E-state index in [0.29, 0.717) is 15.0 Å². The summed E-state index contributed by atoms with van der Waals surface area (Å²) in [6.07, 6.45) is 0.161. The van der Waals surface area contributed by atoms with Crippen LogP contribution in [0.2, 0.25) is 5.02 Å². The Morgan fingerprint density at radius 3 is 2.86 bits per heavy atom. The summed E-state index contributed by atoms with van der Waals surface area (Å²) < 4.78 is 0.701. The normalized spacial score (nSPS) is 18.6. The van der Waals surface area contributed by atoms with E-state index in [0.717, 1.165) is 5.01 Å². The highest BCUT2D eigenvalue weighted by molar-refractivity contribution is 8.02. The lowest BCUT2D eigenvalue weighted by Crippen LogP contribution is -2.31. The molecule has 0 N–H and O–H groups in total. The van der Waals surface area contributed by atoms with Crippen LogP contribution in [0.4, 0.5) is 5.69 Å². The summed E-state index contributed by atoms with van der Waals surface area (Å²) in [5.74, 6) is -0.457. The predicted molar refractivity (Wildman–Crippen MR) is 82.9 cm³/mol. The van der Waals surface area contributed by atoms with Crippen LogP contribution in [-0.4, -0.2) is 27.3 Å². The Morgan fingerprint density at radius 2 is 2.19 bits per heavy atom. The zero-order chi connectivity index (χ0) is 15.0. The molecule has 0 radical (unpaired) electrons. The van der Waals surface area contributed by atoms with E-state index in [1.807, 2.05) is 6.92 Å². The topological polar surface area (TPSA) is 63.2 Å². The molecule has 0 spiro atoms. The molecule has 8 heteroatoms. The quantitative estimate of drug-likeness (QED) is 0.804. The largest absolute Gasteiger partial charge is 0.274 e. The van der Waals surface area contributed by atoms with Crippen molar-refractivity contribution in [2.45, 2.75) is 22.9 Å². The molecule has 2 amide bonds. The van der Waals surface area contributed by atoms with Crippen molar-refractivity contribution in [1.29, 1.82) is 0 Å². The smallest absolute Gasteiger partial charge is 0.247 e.